The Labute approximate surface area is 120 Å². The number of halogens is 1. The second kappa shape index (κ2) is 5.02. The molecule has 0 amide bonds. The number of para-hydroxylation sites is 1. The van der Waals surface area contributed by atoms with Crippen LogP contribution in [-0.4, -0.2) is 0 Å². The lowest BCUT2D eigenvalue weighted by Gasteiger charge is -2.09. The maximum atomic E-state index is 12.4. The third-order valence-electron chi connectivity index (χ3n) is 3.17. The zero-order chi connectivity index (χ0) is 13.2. The van der Waals surface area contributed by atoms with E-state index < -0.39 is 0 Å². The number of pyridine rings is 1. The molecular formula is C16H12BrNO. The van der Waals surface area contributed by atoms with E-state index in [1.54, 1.807) is 0 Å². The Morgan fingerprint density at radius 3 is 2.42 bits per heavy atom. The molecule has 0 spiro atoms. The minimum absolute atomic E-state index is 0.621. The molecule has 0 aliphatic rings. The molecule has 19 heavy (non-hydrogen) atoms. The Kier molecular flexibility index (Phi) is 3.22. The van der Waals surface area contributed by atoms with Gasteiger partial charge in [-0.1, -0.05) is 42.5 Å². The predicted octanol–water partition coefficient (Wildman–Crippen LogP) is 3.83. The Bertz CT molecular complexity index is 725. The highest BCUT2D eigenvalue weighted by Crippen LogP contribution is 2.22. The molecule has 3 heteroatoms. The van der Waals surface area contributed by atoms with Gasteiger partial charge in [-0.15, -0.1) is 0 Å². The third-order valence-corrected chi connectivity index (χ3v) is 3.86. The fourth-order valence-corrected chi connectivity index (χ4v) is 2.75. The molecule has 1 aromatic heterocycles. The molecule has 2 nitrogen and oxygen atoms in total. The van der Waals surface area contributed by atoms with E-state index in [-0.39, 0.29) is 0 Å². The molecule has 0 bridgehead atoms. The van der Waals surface area contributed by atoms with Crippen molar-refractivity contribution in [1.29, 1.82) is 0 Å². The molecule has 94 valence electrons. The molecule has 0 saturated heterocycles. The Morgan fingerprint density at radius 2 is 1.63 bits per heavy atom. The van der Waals surface area contributed by atoms with Crippen LogP contribution >= 0.6 is 15.9 Å². The lowest BCUT2D eigenvalue weighted by molar-refractivity contribution is -0.586. The van der Waals surface area contributed by atoms with Crippen LogP contribution in [0.25, 0.3) is 10.9 Å². The van der Waals surface area contributed by atoms with Gasteiger partial charge >= 0.3 is 0 Å². The summed E-state index contributed by atoms with van der Waals surface area (Å²) in [4.78, 5) is 0. The minimum Gasteiger partial charge on any atom is -0.618 e. The van der Waals surface area contributed by atoms with Crippen molar-refractivity contribution in [3.05, 3.63) is 81.6 Å². The molecule has 3 aromatic rings. The number of benzene rings is 2. The first-order chi connectivity index (χ1) is 9.25. The molecule has 0 saturated carbocycles. The van der Waals surface area contributed by atoms with Crippen molar-refractivity contribution < 1.29 is 4.73 Å². The van der Waals surface area contributed by atoms with Gasteiger partial charge in [-0.2, -0.15) is 4.73 Å². The zero-order valence-corrected chi connectivity index (χ0v) is 11.8. The second-order valence-electron chi connectivity index (χ2n) is 4.45. The summed E-state index contributed by atoms with van der Waals surface area (Å²) < 4.78 is 1.87. The van der Waals surface area contributed by atoms with E-state index in [1.807, 2.05) is 60.7 Å². The lowest BCUT2D eigenvalue weighted by Crippen LogP contribution is -2.33. The molecule has 3 rings (SSSR count). The molecule has 0 unspecified atom stereocenters. The van der Waals surface area contributed by atoms with Crippen molar-refractivity contribution in [2.45, 2.75) is 6.42 Å². The van der Waals surface area contributed by atoms with E-state index >= 15 is 0 Å². The number of hydrogen-bond acceptors (Lipinski definition) is 1. The molecule has 0 aliphatic carbocycles. The highest BCUT2D eigenvalue weighted by Gasteiger charge is 2.15. The maximum absolute atomic E-state index is 12.4. The summed E-state index contributed by atoms with van der Waals surface area (Å²) in [5, 5.41) is 13.4. The van der Waals surface area contributed by atoms with E-state index in [0.29, 0.717) is 11.9 Å². The SMILES string of the molecule is [O-][n+]1c(Cc2ccccc2)c(Br)cc2ccccc21. The number of fused-ring (bicyclic) bond motifs is 1. The van der Waals surface area contributed by atoms with Crippen LogP contribution in [0, 0.1) is 5.21 Å². The van der Waals surface area contributed by atoms with Crippen LogP contribution < -0.4 is 4.73 Å². The van der Waals surface area contributed by atoms with Gasteiger partial charge in [-0.25, -0.2) is 0 Å². The third kappa shape index (κ3) is 2.34. The zero-order valence-electron chi connectivity index (χ0n) is 10.2. The minimum atomic E-state index is 0.621. The van der Waals surface area contributed by atoms with Gasteiger partial charge in [0.05, 0.1) is 10.9 Å². The normalized spacial score (nSPS) is 10.8. The number of hydrogen-bond donors (Lipinski definition) is 0. The van der Waals surface area contributed by atoms with Crippen molar-refractivity contribution in [3.63, 3.8) is 0 Å². The van der Waals surface area contributed by atoms with Gasteiger partial charge in [0.2, 0.25) is 11.2 Å². The molecule has 0 radical (unpaired) electrons. The van der Waals surface area contributed by atoms with Gasteiger partial charge in [0, 0.05) is 11.5 Å². The molecule has 0 N–H and O–H groups in total. The molecule has 0 atom stereocenters. The van der Waals surface area contributed by atoms with Crippen molar-refractivity contribution in [2.75, 3.05) is 0 Å². The fraction of sp³-hybridized carbons (Fsp3) is 0.0625. The molecule has 0 fully saturated rings. The van der Waals surface area contributed by atoms with E-state index in [1.165, 1.54) is 0 Å². The van der Waals surface area contributed by atoms with Gasteiger partial charge in [-0.3, -0.25) is 0 Å². The molecule has 0 aliphatic heterocycles. The van der Waals surface area contributed by atoms with Gasteiger partial charge in [0.1, 0.15) is 0 Å². The first kappa shape index (κ1) is 12.2. The highest BCUT2D eigenvalue weighted by molar-refractivity contribution is 9.10. The Balaban J connectivity index is 2.13. The van der Waals surface area contributed by atoms with Crippen LogP contribution in [0.15, 0.2) is 65.1 Å². The lowest BCUT2D eigenvalue weighted by atomic mass is 10.1. The van der Waals surface area contributed by atoms with Crippen molar-refractivity contribution in [3.8, 4) is 0 Å². The quantitative estimate of drug-likeness (QED) is 0.522. The van der Waals surface area contributed by atoms with Gasteiger partial charge in [0.15, 0.2) is 0 Å². The summed E-state index contributed by atoms with van der Waals surface area (Å²) in [6.45, 7) is 0. The van der Waals surface area contributed by atoms with Crippen LogP contribution in [0.2, 0.25) is 0 Å². The summed E-state index contributed by atoms with van der Waals surface area (Å²) in [6.07, 6.45) is 0.621. The van der Waals surface area contributed by atoms with Crippen LogP contribution in [0.1, 0.15) is 11.3 Å². The van der Waals surface area contributed by atoms with Crippen molar-refractivity contribution in [1.82, 2.24) is 0 Å². The highest BCUT2D eigenvalue weighted by atomic mass is 79.9. The monoisotopic (exact) mass is 313 g/mol. The number of nitrogens with zero attached hydrogens (tertiary/aromatic N) is 1. The second-order valence-corrected chi connectivity index (χ2v) is 5.31. The topological polar surface area (TPSA) is 26.9 Å². The number of rotatable bonds is 2. The average Bonchev–Trinajstić information content (AvgIpc) is 2.45. The van der Waals surface area contributed by atoms with Crippen LogP contribution in [0.4, 0.5) is 0 Å². The Hall–Kier alpha value is -1.87. The Morgan fingerprint density at radius 1 is 0.947 bits per heavy atom. The predicted molar refractivity (Wildman–Crippen MR) is 79.9 cm³/mol. The van der Waals surface area contributed by atoms with Gasteiger partial charge in [0.25, 0.3) is 0 Å². The molecule has 2 aromatic carbocycles. The first-order valence-corrected chi connectivity index (χ1v) is 6.88. The van der Waals surface area contributed by atoms with Gasteiger partial charge < -0.3 is 5.21 Å². The smallest absolute Gasteiger partial charge is 0.224 e. The fourth-order valence-electron chi connectivity index (χ4n) is 2.20. The first-order valence-electron chi connectivity index (χ1n) is 6.09. The van der Waals surface area contributed by atoms with Gasteiger partial charge in [-0.05, 0) is 33.6 Å². The maximum Gasteiger partial charge on any atom is 0.224 e. The summed E-state index contributed by atoms with van der Waals surface area (Å²) >= 11 is 3.50. The van der Waals surface area contributed by atoms with Crippen LogP contribution in [0.5, 0.6) is 0 Å². The van der Waals surface area contributed by atoms with E-state index in [4.69, 9.17) is 0 Å². The van der Waals surface area contributed by atoms with E-state index in [0.717, 1.165) is 25.8 Å². The van der Waals surface area contributed by atoms with Crippen molar-refractivity contribution >= 4 is 26.8 Å². The average molecular weight is 314 g/mol. The summed E-state index contributed by atoms with van der Waals surface area (Å²) in [6, 6.07) is 19.6. The molecule has 1 heterocycles. The largest absolute Gasteiger partial charge is 0.618 e. The van der Waals surface area contributed by atoms with Crippen LogP contribution in [-0.2, 0) is 6.42 Å². The van der Waals surface area contributed by atoms with E-state index in [9.17, 15) is 5.21 Å². The molecular weight excluding hydrogens is 302 g/mol. The number of aromatic nitrogens is 1. The summed E-state index contributed by atoms with van der Waals surface area (Å²) in [5.41, 5.74) is 2.57. The van der Waals surface area contributed by atoms with Crippen molar-refractivity contribution in [2.24, 2.45) is 0 Å². The summed E-state index contributed by atoms with van der Waals surface area (Å²) in [5.74, 6) is 0. The van der Waals surface area contributed by atoms with Crippen LogP contribution in [0.3, 0.4) is 0 Å². The summed E-state index contributed by atoms with van der Waals surface area (Å²) in [7, 11) is 0. The van der Waals surface area contributed by atoms with E-state index in [2.05, 4.69) is 15.9 Å². The standard InChI is InChI=1S/C16H12BrNO/c17-14-11-13-8-4-5-9-15(13)18(19)16(14)10-12-6-2-1-3-7-12/h1-9,11H,10H2.